The van der Waals surface area contributed by atoms with E-state index in [1.165, 1.54) is 0 Å². The number of aliphatic hydroxyl groups is 1. The molecule has 3 amide bonds. The van der Waals surface area contributed by atoms with Gasteiger partial charge in [-0.05, 0) is 49.1 Å². The number of aliphatic hydroxyl groups excluding tert-OH is 1. The van der Waals surface area contributed by atoms with E-state index in [1.807, 2.05) is 24.3 Å². The first-order valence-corrected chi connectivity index (χ1v) is 10.4. The maximum absolute atomic E-state index is 13.0. The minimum atomic E-state index is -0.470. The van der Waals surface area contributed by atoms with Gasteiger partial charge in [0.05, 0.1) is 24.8 Å². The summed E-state index contributed by atoms with van der Waals surface area (Å²) in [6.45, 7) is 0.582. The summed E-state index contributed by atoms with van der Waals surface area (Å²) in [5, 5.41) is 10.2. The molecule has 1 atom stereocenters. The van der Waals surface area contributed by atoms with Crippen LogP contribution in [-0.2, 0) is 11.2 Å². The number of benzene rings is 2. The molecule has 1 saturated heterocycles. The molecule has 2 aromatic carbocycles. The highest BCUT2D eigenvalue weighted by atomic mass is 16.5. The van der Waals surface area contributed by atoms with Crippen molar-refractivity contribution in [3.8, 4) is 5.75 Å². The lowest BCUT2D eigenvalue weighted by Gasteiger charge is -2.42. The van der Waals surface area contributed by atoms with Crippen molar-refractivity contribution < 1.29 is 24.2 Å². The van der Waals surface area contributed by atoms with Gasteiger partial charge in [-0.2, -0.15) is 0 Å². The molecule has 7 nitrogen and oxygen atoms in total. The molecule has 0 spiro atoms. The third-order valence-corrected chi connectivity index (χ3v) is 6.23. The van der Waals surface area contributed by atoms with Crippen molar-refractivity contribution in [3.05, 3.63) is 65.2 Å². The van der Waals surface area contributed by atoms with Crippen LogP contribution in [0, 0.1) is 5.41 Å². The second kappa shape index (κ2) is 8.51. The number of hydrogen-bond acceptors (Lipinski definition) is 5. The SMILES string of the molecule is COc1cccc(C[C@@]2(CO)CCCN(C(=O)CN3C(=O)c4ccccc4C3=O)C2)c1. The maximum atomic E-state index is 13.0. The molecule has 0 unspecified atom stereocenters. The molecule has 0 saturated carbocycles. The molecule has 0 aliphatic carbocycles. The first kappa shape index (κ1) is 21.1. The molecule has 2 aliphatic rings. The summed E-state index contributed by atoms with van der Waals surface area (Å²) in [5.41, 5.74) is 1.23. The smallest absolute Gasteiger partial charge is 0.262 e. The average molecular weight is 422 g/mol. The van der Waals surface area contributed by atoms with Gasteiger partial charge in [-0.1, -0.05) is 24.3 Å². The number of rotatable bonds is 6. The molecule has 162 valence electrons. The van der Waals surface area contributed by atoms with Crippen molar-refractivity contribution in [1.82, 2.24) is 9.80 Å². The van der Waals surface area contributed by atoms with Gasteiger partial charge in [0.2, 0.25) is 5.91 Å². The Hall–Kier alpha value is -3.19. The van der Waals surface area contributed by atoms with Gasteiger partial charge >= 0.3 is 0 Å². The number of hydrogen-bond donors (Lipinski definition) is 1. The highest BCUT2D eigenvalue weighted by Gasteiger charge is 2.40. The number of fused-ring (bicyclic) bond motifs is 1. The second-order valence-electron chi connectivity index (χ2n) is 8.35. The van der Waals surface area contributed by atoms with Gasteiger partial charge in [-0.25, -0.2) is 0 Å². The van der Waals surface area contributed by atoms with Crippen molar-refractivity contribution >= 4 is 17.7 Å². The number of amides is 3. The van der Waals surface area contributed by atoms with Gasteiger partial charge < -0.3 is 14.7 Å². The lowest BCUT2D eigenvalue weighted by Crippen LogP contribution is -2.52. The van der Waals surface area contributed by atoms with E-state index in [1.54, 1.807) is 36.3 Å². The van der Waals surface area contributed by atoms with E-state index in [9.17, 15) is 19.5 Å². The van der Waals surface area contributed by atoms with Crippen molar-refractivity contribution in [2.24, 2.45) is 5.41 Å². The fourth-order valence-electron chi connectivity index (χ4n) is 4.58. The fourth-order valence-corrected chi connectivity index (χ4v) is 4.58. The predicted octanol–water partition coefficient (Wildman–Crippen LogP) is 2.13. The molecule has 2 aliphatic heterocycles. The minimum Gasteiger partial charge on any atom is -0.497 e. The van der Waals surface area contributed by atoms with Gasteiger partial charge in [0.1, 0.15) is 12.3 Å². The molecule has 2 aromatic rings. The molecule has 0 radical (unpaired) electrons. The highest BCUT2D eigenvalue weighted by molar-refractivity contribution is 6.22. The number of imide groups is 1. The van der Waals surface area contributed by atoms with Crippen LogP contribution < -0.4 is 4.74 Å². The third-order valence-electron chi connectivity index (χ3n) is 6.23. The van der Waals surface area contributed by atoms with Crippen LogP contribution in [0.1, 0.15) is 39.1 Å². The van der Waals surface area contributed by atoms with Crippen LogP contribution in [0.5, 0.6) is 5.75 Å². The van der Waals surface area contributed by atoms with Crippen LogP contribution in [0.2, 0.25) is 0 Å². The van der Waals surface area contributed by atoms with Crippen molar-refractivity contribution in [3.63, 3.8) is 0 Å². The van der Waals surface area contributed by atoms with Gasteiger partial charge in [-0.3, -0.25) is 19.3 Å². The van der Waals surface area contributed by atoms with Crippen LogP contribution in [-0.4, -0.2) is 66.0 Å². The Morgan fingerprint density at radius 2 is 1.81 bits per heavy atom. The summed E-state index contributed by atoms with van der Waals surface area (Å²) < 4.78 is 5.29. The van der Waals surface area contributed by atoms with E-state index in [2.05, 4.69) is 0 Å². The second-order valence-corrected chi connectivity index (χ2v) is 8.35. The van der Waals surface area contributed by atoms with Crippen molar-refractivity contribution in [2.75, 3.05) is 33.4 Å². The monoisotopic (exact) mass is 422 g/mol. The molecule has 1 N–H and O–H groups in total. The Labute approximate surface area is 181 Å². The lowest BCUT2D eigenvalue weighted by molar-refractivity contribution is -0.135. The maximum Gasteiger partial charge on any atom is 0.262 e. The normalized spacial score (nSPS) is 20.7. The summed E-state index contributed by atoms with van der Waals surface area (Å²) in [5.74, 6) is -0.399. The molecule has 4 rings (SSSR count). The van der Waals surface area contributed by atoms with E-state index in [4.69, 9.17) is 4.74 Å². The summed E-state index contributed by atoms with van der Waals surface area (Å²) in [6.07, 6.45) is 2.15. The van der Waals surface area contributed by atoms with E-state index in [0.29, 0.717) is 30.6 Å². The summed E-state index contributed by atoms with van der Waals surface area (Å²) in [7, 11) is 1.61. The number of nitrogens with zero attached hydrogens (tertiary/aromatic N) is 2. The molecule has 31 heavy (non-hydrogen) atoms. The van der Waals surface area contributed by atoms with Gasteiger partial charge in [0.25, 0.3) is 11.8 Å². The number of carbonyl (C=O) groups excluding carboxylic acids is 3. The molecule has 0 bridgehead atoms. The Bertz CT molecular complexity index is 986. The Balaban J connectivity index is 1.47. The Kier molecular flexibility index (Phi) is 5.78. The summed E-state index contributed by atoms with van der Waals surface area (Å²) >= 11 is 0. The van der Waals surface area contributed by atoms with E-state index in [0.717, 1.165) is 29.1 Å². The largest absolute Gasteiger partial charge is 0.497 e. The number of carbonyl (C=O) groups is 3. The van der Waals surface area contributed by atoms with Gasteiger partial charge in [0, 0.05) is 18.5 Å². The summed E-state index contributed by atoms with van der Waals surface area (Å²) in [6, 6.07) is 14.3. The number of ether oxygens (including phenoxy) is 1. The lowest BCUT2D eigenvalue weighted by atomic mass is 9.75. The number of likely N-dealkylation sites (tertiary alicyclic amines) is 1. The molecule has 1 fully saturated rings. The number of methoxy groups -OCH3 is 1. The first-order chi connectivity index (χ1) is 15.0. The van der Waals surface area contributed by atoms with E-state index in [-0.39, 0.29) is 19.1 Å². The van der Waals surface area contributed by atoms with E-state index >= 15 is 0 Å². The van der Waals surface area contributed by atoms with E-state index < -0.39 is 17.2 Å². The fraction of sp³-hybridized carbons (Fsp3) is 0.375. The quantitative estimate of drug-likeness (QED) is 0.721. The zero-order valence-electron chi connectivity index (χ0n) is 17.5. The topological polar surface area (TPSA) is 87.2 Å². The van der Waals surface area contributed by atoms with Crippen LogP contribution in [0.3, 0.4) is 0 Å². The van der Waals surface area contributed by atoms with Crippen LogP contribution in [0.25, 0.3) is 0 Å². The van der Waals surface area contributed by atoms with Crippen LogP contribution in [0.15, 0.2) is 48.5 Å². The summed E-state index contributed by atoms with van der Waals surface area (Å²) in [4.78, 5) is 40.9. The van der Waals surface area contributed by atoms with Crippen molar-refractivity contribution in [2.45, 2.75) is 19.3 Å². The predicted molar refractivity (Wildman–Crippen MR) is 114 cm³/mol. The highest BCUT2D eigenvalue weighted by Crippen LogP contribution is 2.34. The van der Waals surface area contributed by atoms with Crippen molar-refractivity contribution in [1.29, 1.82) is 0 Å². The van der Waals surface area contributed by atoms with Gasteiger partial charge in [0.15, 0.2) is 0 Å². The average Bonchev–Trinajstić information content (AvgIpc) is 3.04. The zero-order chi connectivity index (χ0) is 22.0. The minimum absolute atomic E-state index is 0.0546. The van der Waals surface area contributed by atoms with Crippen LogP contribution in [0.4, 0.5) is 0 Å². The number of piperidine rings is 1. The molecular formula is C24H26N2O5. The molecular weight excluding hydrogens is 396 g/mol. The Morgan fingerprint density at radius 3 is 2.45 bits per heavy atom. The zero-order valence-corrected chi connectivity index (χ0v) is 17.5. The molecule has 2 heterocycles. The van der Waals surface area contributed by atoms with Gasteiger partial charge in [-0.15, -0.1) is 0 Å². The molecule has 0 aromatic heterocycles. The van der Waals surface area contributed by atoms with Crippen LogP contribution >= 0.6 is 0 Å². The standard InChI is InChI=1S/C24H26N2O5/c1-31-18-7-4-6-17(12-18)13-24(16-27)10-5-11-25(15-24)21(28)14-26-22(29)19-8-2-3-9-20(19)23(26)30/h2-4,6-9,12,27H,5,10-11,13-16H2,1H3/t24-/m0/s1. The third kappa shape index (κ3) is 4.05. The first-order valence-electron chi connectivity index (χ1n) is 10.4. The molecule has 7 heteroatoms. The Morgan fingerprint density at radius 1 is 1.10 bits per heavy atom.